The van der Waals surface area contributed by atoms with Crippen LogP contribution in [0.3, 0.4) is 0 Å². The molecule has 1 atom stereocenters. The second-order valence-electron chi connectivity index (χ2n) is 8.38. The molecule has 1 saturated heterocycles. The highest BCUT2D eigenvalue weighted by Gasteiger charge is 2.38. The summed E-state index contributed by atoms with van der Waals surface area (Å²) in [5.41, 5.74) is 3.47. The molecule has 3 aromatic carbocycles. The van der Waals surface area contributed by atoms with Crippen molar-refractivity contribution in [2.24, 2.45) is 0 Å². The van der Waals surface area contributed by atoms with Gasteiger partial charge in [-0.3, -0.25) is 4.90 Å². The number of hydrogen-bond donors (Lipinski definition) is 2. The number of benzene rings is 3. The van der Waals surface area contributed by atoms with E-state index in [1.807, 2.05) is 42.5 Å². The first-order valence-corrected chi connectivity index (χ1v) is 10.6. The third-order valence-electron chi connectivity index (χ3n) is 6.59. The van der Waals surface area contributed by atoms with E-state index in [2.05, 4.69) is 17.0 Å². The van der Waals surface area contributed by atoms with Crippen LogP contribution in [0.25, 0.3) is 0 Å². The fourth-order valence-corrected chi connectivity index (χ4v) is 4.86. The van der Waals surface area contributed by atoms with Crippen molar-refractivity contribution >= 4 is 5.97 Å². The van der Waals surface area contributed by atoms with E-state index in [-0.39, 0.29) is 11.6 Å². The van der Waals surface area contributed by atoms with E-state index in [9.17, 15) is 15.0 Å². The number of ether oxygens (including phenoxy) is 1. The van der Waals surface area contributed by atoms with Crippen LogP contribution in [0, 0.1) is 0 Å². The van der Waals surface area contributed by atoms with Crippen LogP contribution >= 0.6 is 0 Å². The largest absolute Gasteiger partial charge is 0.489 e. The second kappa shape index (κ2) is 7.84. The van der Waals surface area contributed by atoms with Gasteiger partial charge < -0.3 is 14.9 Å². The minimum atomic E-state index is -0.948. The molecule has 2 aliphatic rings. The topological polar surface area (TPSA) is 70.0 Å². The molecule has 1 fully saturated rings. The lowest BCUT2D eigenvalue weighted by molar-refractivity contribution is -0.0325. The van der Waals surface area contributed by atoms with Crippen LogP contribution < -0.4 is 4.74 Å². The third kappa shape index (κ3) is 3.60. The molecule has 0 aliphatic carbocycles. The highest BCUT2D eigenvalue weighted by molar-refractivity contribution is 5.88. The average Bonchev–Trinajstić information content (AvgIpc) is 2.97. The molecule has 0 spiro atoms. The number of carbonyl (C=O) groups is 1. The molecular weight excluding hydrogens is 390 g/mol. The van der Waals surface area contributed by atoms with Gasteiger partial charge in [-0.05, 0) is 47.7 Å². The van der Waals surface area contributed by atoms with Gasteiger partial charge in [0.2, 0.25) is 0 Å². The van der Waals surface area contributed by atoms with Crippen molar-refractivity contribution in [2.45, 2.75) is 31.1 Å². The molecule has 2 aliphatic heterocycles. The van der Waals surface area contributed by atoms with Crippen LogP contribution in [0.2, 0.25) is 0 Å². The smallest absolute Gasteiger partial charge is 0.335 e. The second-order valence-corrected chi connectivity index (χ2v) is 8.38. The molecule has 0 saturated carbocycles. The number of carboxylic acids is 1. The summed E-state index contributed by atoms with van der Waals surface area (Å²) in [7, 11) is 0. The molecule has 5 heteroatoms. The Morgan fingerprint density at radius 1 is 0.935 bits per heavy atom. The predicted octanol–water partition coefficient (Wildman–Crippen LogP) is 4.35. The molecule has 31 heavy (non-hydrogen) atoms. The molecule has 2 heterocycles. The van der Waals surface area contributed by atoms with Crippen LogP contribution in [0.15, 0.2) is 72.8 Å². The summed E-state index contributed by atoms with van der Waals surface area (Å²) in [6.45, 7) is 1.84. The van der Waals surface area contributed by atoms with E-state index in [4.69, 9.17) is 4.74 Å². The van der Waals surface area contributed by atoms with E-state index < -0.39 is 11.6 Å². The lowest BCUT2D eigenvalue weighted by Crippen LogP contribution is -2.44. The molecule has 5 nitrogen and oxygen atoms in total. The molecule has 0 radical (unpaired) electrons. The van der Waals surface area contributed by atoms with Gasteiger partial charge in [-0.2, -0.15) is 0 Å². The first-order chi connectivity index (χ1) is 15.0. The Morgan fingerprint density at radius 2 is 1.65 bits per heavy atom. The molecule has 0 bridgehead atoms. The normalized spacial score (nSPS) is 20.1. The zero-order valence-electron chi connectivity index (χ0n) is 17.2. The Labute approximate surface area is 181 Å². The van der Waals surface area contributed by atoms with Crippen molar-refractivity contribution in [1.82, 2.24) is 4.90 Å². The first-order valence-electron chi connectivity index (χ1n) is 10.6. The van der Waals surface area contributed by atoms with Crippen molar-refractivity contribution in [2.75, 3.05) is 13.1 Å². The Kier molecular flexibility index (Phi) is 5.00. The summed E-state index contributed by atoms with van der Waals surface area (Å²) < 4.78 is 6.07. The first kappa shape index (κ1) is 19.8. The number of likely N-dealkylation sites (tertiary alicyclic amines) is 1. The standard InChI is InChI=1S/C26H25NO4/c28-25(29)18-10-11-23-22(16-18)24(21-9-5-4-6-19(21)17-31-23)27-14-12-26(30,13-15-27)20-7-2-1-3-8-20/h1-11,16,24,30H,12-15,17H2,(H,28,29). The number of hydrogen-bond acceptors (Lipinski definition) is 4. The minimum absolute atomic E-state index is 0.117. The van der Waals surface area contributed by atoms with E-state index in [0.29, 0.717) is 32.5 Å². The number of piperidine rings is 1. The minimum Gasteiger partial charge on any atom is -0.489 e. The van der Waals surface area contributed by atoms with Crippen LogP contribution in [0.5, 0.6) is 5.75 Å². The summed E-state index contributed by atoms with van der Waals surface area (Å²) in [4.78, 5) is 14.0. The average molecular weight is 415 g/mol. The molecule has 2 N–H and O–H groups in total. The Balaban J connectivity index is 1.53. The van der Waals surface area contributed by atoms with E-state index in [1.54, 1.807) is 18.2 Å². The van der Waals surface area contributed by atoms with Gasteiger partial charge in [0.1, 0.15) is 12.4 Å². The Hall–Kier alpha value is -3.15. The van der Waals surface area contributed by atoms with Gasteiger partial charge in [0.05, 0.1) is 17.2 Å². The van der Waals surface area contributed by atoms with Crippen molar-refractivity contribution < 1.29 is 19.7 Å². The van der Waals surface area contributed by atoms with Crippen LogP contribution in [0.4, 0.5) is 0 Å². The van der Waals surface area contributed by atoms with E-state index in [0.717, 1.165) is 28.0 Å². The SMILES string of the molecule is O=C(O)c1ccc2c(c1)C(N1CCC(O)(c3ccccc3)CC1)c1ccccc1CO2. The molecule has 0 amide bonds. The molecular formula is C26H25NO4. The fraction of sp³-hybridized carbons (Fsp3) is 0.269. The fourth-order valence-electron chi connectivity index (χ4n) is 4.86. The number of aromatic carboxylic acids is 1. The quantitative estimate of drug-likeness (QED) is 0.666. The van der Waals surface area contributed by atoms with Gasteiger partial charge in [-0.1, -0.05) is 54.6 Å². The van der Waals surface area contributed by atoms with Gasteiger partial charge >= 0.3 is 5.97 Å². The van der Waals surface area contributed by atoms with E-state index >= 15 is 0 Å². The van der Waals surface area contributed by atoms with Gasteiger partial charge in [0.15, 0.2) is 0 Å². The lowest BCUT2D eigenvalue weighted by atomic mass is 9.82. The zero-order valence-corrected chi connectivity index (χ0v) is 17.2. The predicted molar refractivity (Wildman–Crippen MR) is 117 cm³/mol. The van der Waals surface area contributed by atoms with Gasteiger partial charge in [0, 0.05) is 18.7 Å². The highest BCUT2D eigenvalue weighted by Crippen LogP contribution is 2.43. The summed E-state index contributed by atoms with van der Waals surface area (Å²) in [5.74, 6) is -0.230. The number of fused-ring (bicyclic) bond motifs is 2. The summed E-state index contributed by atoms with van der Waals surface area (Å²) in [6, 6.07) is 23.0. The van der Waals surface area contributed by atoms with Crippen LogP contribution in [0.1, 0.15) is 51.5 Å². The lowest BCUT2D eigenvalue weighted by Gasteiger charge is -2.42. The van der Waals surface area contributed by atoms with Gasteiger partial charge in [-0.15, -0.1) is 0 Å². The summed E-state index contributed by atoms with van der Waals surface area (Å²) in [6.07, 6.45) is 1.23. The number of aliphatic hydroxyl groups is 1. The molecule has 0 aromatic heterocycles. The zero-order chi connectivity index (χ0) is 21.4. The maximum Gasteiger partial charge on any atom is 0.335 e. The highest BCUT2D eigenvalue weighted by atomic mass is 16.5. The molecule has 5 rings (SSSR count). The Bertz CT molecular complexity index is 1100. The summed E-state index contributed by atoms with van der Waals surface area (Å²) in [5, 5.41) is 20.8. The van der Waals surface area contributed by atoms with Gasteiger partial charge in [0.25, 0.3) is 0 Å². The number of nitrogens with zero attached hydrogens (tertiary/aromatic N) is 1. The van der Waals surface area contributed by atoms with Crippen molar-refractivity contribution in [3.05, 3.63) is 101 Å². The molecule has 158 valence electrons. The van der Waals surface area contributed by atoms with Crippen molar-refractivity contribution in [3.8, 4) is 5.75 Å². The maximum absolute atomic E-state index is 11.7. The Morgan fingerprint density at radius 3 is 2.39 bits per heavy atom. The molecule has 1 unspecified atom stereocenters. The third-order valence-corrected chi connectivity index (χ3v) is 6.59. The summed E-state index contributed by atoms with van der Waals surface area (Å²) >= 11 is 0. The number of rotatable bonds is 3. The monoisotopic (exact) mass is 415 g/mol. The van der Waals surface area contributed by atoms with Crippen molar-refractivity contribution in [3.63, 3.8) is 0 Å². The van der Waals surface area contributed by atoms with E-state index in [1.165, 1.54) is 0 Å². The van der Waals surface area contributed by atoms with Crippen molar-refractivity contribution in [1.29, 1.82) is 0 Å². The van der Waals surface area contributed by atoms with Crippen LogP contribution in [-0.2, 0) is 12.2 Å². The maximum atomic E-state index is 11.7. The van der Waals surface area contributed by atoms with Gasteiger partial charge in [-0.25, -0.2) is 4.79 Å². The van der Waals surface area contributed by atoms with Crippen LogP contribution in [-0.4, -0.2) is 34.2 Å². The molecule has 3 aromatic rings. The number of carboxylic acid groups (broad SMARTS) is 1.